The van der Waals surface area contributed by atoms with Crippen molar-refractivity contribution in [2.75, 3.05) is 0 Å². The van der Waals surface area contributed by atoms with Crippen molar-refractivity contribution >= 4 is 11.8 Å². The lowest BCUT2D eigenvalue weighted by Crippen LogP contribution is -2.22. The molecule has 0 aliphatic rings. The quantitative estimate of drug-likeness (QED) is 0.789. The Hall–Kier alpha value is -0.680. The highest BCUT2D eigenvalue weighted by atomic mass is 32.2. The van der Waals surface area contributed by atoms with Crippen LogP contribution in [0, 0.1) is 0 Å². The Balaban J connectivity index is 3.02. The molecule has 0 aromatic heterocycles. The number of halogens is 3. The minimum atomic E-state index is -4.30. The summed E-state index contributed by atoms with van der Waals surface area (Å²) >= 11 is 1.24. The van der Waals surface area contributed by atoms with Crippen LogP contribution in [-0.4, -0.2) is 11.3 Å². The highest BCUT2D eigenvalue weighted by molar-refractivity contribution is 8.00. The van der Waals surface area contributed by atoms with Crippen LogP contribution in [0.4, 0.5) is 13.2 Å². The largest absolute Gasteiger partial charge is 0.417 e. The molecule has 1 aromatic rings. The normalized spacial score (nSPS) is 12.5. The molecule has 0 radical (unpaired) electrons. The number of thioether (sulfide) groups is 1. The van der Waals surface area contributed by atoms with E-state index in [0.717, 1.165) is 0 Å². The molecule has 0 aliphatic heterocycles. The van der Waals surface area contributed by atoms with Crippen LogP contribution in [0.3, 0.4) is 0 Å². The zero-order valence-electron chi connectivity index (χ0n) is 11.6. The first kappa shape index (κ1) is 16.4. The van der Waals surface area contributed by atoms with Crippen molar-refractivity contribution in [1.29, 1.82) is 0 Å². The van der Waals surface area contributed by atoms with E-state index in [1.165, 1.54) is 17.8 Å². The molecule has 0 saturated heterocycles. The fraction of sp³-hybridized carbons (Fsp3) is 0.571. The first-order chi connectivity index (χ1) is 8.70. The summed E-state index contributed by atoms with van der Waals surface area (Å²) in [5, 5.41) is 3.25. The Morgan fingerprint density at radius 2 is 1.79 bits per heavy atom. The van der Waals surface area contributed by atoms with Gasteiger partial charge in [-0.15, -0.1) is 11.8 Å². The molecule has 1 N–H and O–H groups in total. The maximum atomic E-state index is 13.0. The SMILES string of the molecule is CC(C)NCc1ccc(SC(C)C)c(C(F)(F)F)c1. The highest BCUT2D eigenvalue weighted by Crippen LogP contribution is 2.38. The molecule has 0 aliphatic carbocycles. The molecule has 5 heteroatoms. The van der Waals surface area contributed by atoms with Crippen molar-refractivity contribution in [2.24, 2.45) is 0 Å². The summed E-state index contributed by atoms with van der Waals surface area (Å²) in [6.45, 7) is 8.16. The van der Waals surface area contributed by atoms with Crippen LogP contribution < -0.4 is 5.32 Å². The lowest BCUT2D eigenvalue weighted by atomic mass is 10.1. The summed E-state index contributed by atoms with van der Waals surface area (Å²) in [6, 6.07) is 4.83. The van der Waals surface area contributed by atoms with Gasteiger partial charge in [0.2, 0.25) is 0 Å². The summed E-state index contributed by atoms with van der Waals surface area (Å²) in [5.74, 6) is 0. The maximum Gasteiger partial charge on any atom is 0.417 e. The molecule has 1 rings (SSSR count). The van der Waals surface area contributed by atoms with Crippen molar-refractivity contribution in [3.63, 3.8) is 0 Å². The minimum absolute atomic E-state index is 0.126. The van der Waals surface area contributed by atoms with E-state index in [-0.39, 0.29) is 11.3 Å². The molecule has 0 atom stereocenters. The zero-order valence-corrected chi connectivity index (χ0v) is 12.5. The molecule has 1 nitrogen and oxygen atoms in total. The van der Waals surface area contributed by atoms with Gasteiger partial charge in [-0.1, -0.05) is 33.8 Å². The van der Waals surface area contributed by atoms with E-state index >= 15 is 0 Å². The second-order valence-electron chi connectivity index (χ2n) is 5.03. The minimum Gasteiger partial charge on any atom is -0.310 e. The lowest BCUT2D eigenvalue weighted by molar-refractivity contribution is -0.139. The fourth-order valence-electron chi connectivity index (χ4n) is 1.59. The van der Waals surface area contributed by atoms with Crippen LogP contribution in [0.2, 0.25) is 0 Å². The lowest BCUT2D eigenvalue weighted by Gasteiger charge is -2.16. The first-order valence-electron chi connectivity index (χ1n) is 6.30. The molecule has 0 saturated carbocycles. The number of hydrogen-bond acceptors (Lipinski definition) is 2. The van der Waals surface area contributed by atoms with Gasteiger partial charge >= 0.3 is 6.18 Å². The number of nitrogens with one attached hydrogen (secondary N) is 1. The zero-order chi connectivity index (χ0) is 14.6. The number of rotatable bonds is 5. The highest BCUT2D eigenvalue weighted by Gasteiger charge is 2.33. The van der Waals surface area contributed by atoms with Crippen LogP contribution in [0.25, 0.3) is 0 Å². The van der Waals surface area contributed by atoms with Gasteiger partial charge in [0, 0.05) is 22.7 Å². The molecule has 0 spiro atoms. The van der Waals surface area contributed by atoms with E-state index in [9.17, 15) is 13.2 Å². The summed E-state index contributed by atoms with van der Waals surface area (Å²) in [7, 11) is 0. The van der Waals surface area contributed by atoms with E-state index < -0.39 is 11.7 Å². The molecule has 0 unspecified atom stereocenters. The second kappa shape index (κ2) is 6.66. The summed E-state index contributed by atoms with van der Waals surface area (Å²) in [4.78, 5) is 0.302. The standard InChI is InChI=1S/C14H20F3NS/c1-9(2)18-8-11-5-6-13(19-10(3)4)12(7-11)14(15,16)17/h5-7,9-10,18H,8H2,1-4H3. The van der Waals surface area contributed by atoms with E-state index in [1.54, 1.807) is 12.1 Å². The Morgan fingerprint density at radius 3 is 2.26 bits per heavy atom. The van der Waals surface area contributed by atoms with Gasteiger partial charge in [0.15, 0.2) is 0 Å². The van der Waals surface area contributed by atoms with E-state index in [4.69, 9.17) is 0 Å². The Labute approximate surface area is 117 Å². The predicted octanol–water partition coefficient (Wildman–Crippen LogP) is 4.70. The van der Waals surface area contributed by atoms with Gasteiger partial charge in [0.25, 0.3) is 0 Å². The maximum absolute atomic E-state index is 13.0. The van der Waals surface area contributed by atoms with Crippen molar-refractivity contribution in [2.45, 2.75) is 56.6 Å². The summed E-state index contributed by atoms with van der Waals surface area (Å²) in [6.07, 6.45) is -4.30. The van der Waals surface area contributed by atoms with Gasteiger partial charge in [-0.3, -0.25) is 0 Å². The molecule has 108 valence electrons. The number of hydrogen-bond donors (Lipinski definition) is 1. The smallest absolute Gasteiger partial charge is 0.310 e. The van der Waals surface area contributed by atoms with Crippen molar-refractivity contribution in [1.82, 2.24) is 5.32 Å². The van der Waals surface area contributed by atoms with Crippen LogP contribution in [0.15, 0.2) is 23.1 Å². The van der Waals surface area contributed by atoms with E-state index in [2.05, 4.69) is 5.32 Å². The number of alkyl halides is 3. The summed E-state index contributed by atoms with van der Waals surface area (Å²) < 4.78 is 39.1. The van der Waals surface area contributed by atoms with Gasteiger partial charge in [-0.2, -0.15) is 13.2 Å². The molecule has 0 amide bonds. The van der Waals surface area contributed by atoms with Gasteiger partial charge < -0.3 is 5.32 Å². The van der Waals surface area contributed by atoms with Gasteiger partial charge in [-0.05, 0) is 17.7 Å². The molecule has 0 bridgehead atoms. The third-order valence-corrected chi connectivity index (χ3v) is 3.51. The topological polar surface area (TPSA) is 12.0 Å². The molecular formula is C14H20F3NS. The molecule has 0 heterocycles. The second-order valence-corrected chi connectivity index (χ2v) is 6.65. The van der Waals surface area contributed by atoms with E-state index in [0.29, 0.717) is 17.0 Å². The van der Waals surface area contributed by atoms with Crippen LogP contribution >= 0.6 is 11.8 Å². The third kappa shape index (κ3) is 5.45. The Kier molecular flexibility index (Phi) is 5.74. The van der Waals surface area contributed by atoms with Crippen molar-refractivity contribution in [3.8, 4) is 0 Å². The first-order valence-corrected chi connectivity index (χ1v) is 7.18. The van der Waals surface area contributed by atoms with E-state index in [1.807, 2.05) is 27.7 Å². The average molecular weight is 291 g/mol. The molecule has 1 aromatic carbocycles. The van der Waals surface area contributed by atoms with Crippen LogP contribution in [0.1, 0.15) is 38.8 Å². The predicted molar refractivity (Wildman–Crippen MR) is 74.4 cm³/mol. The van der Waals surface area contributed by atoms with Gasteiger partial charge in [0.1, 0.15) is 0 Å². The Morgan fingerprint density at radius 1 is 1.16 bits per heavy atom. The van der Waals surface area contributed by atoms with Crippen LogP contribution in [0.5, 0.6) is 0 Å². The molecule has 19 heavy (non-hydrogen) atoms. The van der Waals surface area contributed by atoms with Crippen LogP contribution in [-0.2, 0) is 12.7 Å². The van der Waals surface area contributed by atoms with Crippen molar-refractivity contribution in [3.05, 3.63) is 29.3 Å². The third-order valence-electron chi connectivity index (χ3n) is 2.43. The van der Waals surface area contributed by atoms with Gasteiger partial charge in [0.05, 0.1) is 5.56 Å². The average Bonchev–Trinajstić information content (AvgIpc) is 2.25. The van der Waals surface area contributed by atoms with Crippen molar-refractivity contribution < 1.29 is 13.2 Å². The monoisotopic (exact) mass is 291 g/mol. The Bertz CT molecular complexity index is 414. The number of benzene rings is 1. The fourth-order valence-corrected chi connectivity index (χ4v) is 2.54. The molecule has 0 fully saturated rings. The molecular weight excluding hydrogens is 271 g/mol. The summed E-state index contributed by atoms with van der Waals surface area (Å²) in [5.41, 5.74) is 0.128. The van der Waals surface area contributed by atoms with Gasteiger partial charge in [-0.25, -0.2) is 0 Å².